The number of hydrogen-bond donors (Lipinski definition) is 4. The van der Waals surface area contributed by atoms with Crippen LogP contribution in [0.5, 0.6) is 0 Å². The van der Waals surface area contributed by atoms with Gasteiger partial charge in [-0.25, -0.2) is 14.6 Å². The minimum atomic E-state index is -1.45. The zero-order valence-electron chi connectivity index (χ0n) is 18.2. The second-order valence-corrected chi connectivity index (χ2v) is 8.78. The fourth-order valence-electron chi connectivity index (χ4n) is 3.90. The summed E-state index contributed by atoms with van der Waals surface area (Å²) >= 11 is 1.14. The molecule has 10 heteroatoms. The third kappa shape index (κ3) is 4.92. The first kappa shape index (κ1) is 23.4. The lowest BCUT2D eigenvalue weighted by atomic mass is 9.98. The number of rotatable bonds is 8. The van der Waals surface area contributed by atoms with Gasteiger partial charge in [0.05, 0.1) is 12.6 Å². The van der Waals surface area contributed by atoms with E-state index < -0.39 is 30.1 Å². The number of aromatic nitrogens is 1. The molecule has 4 N–H and O–H groups in total. The minimum absolute atomic E-state index is 0.00115. The Morgan fingerprint density at radius 1 is 1.09 bits per heavy atom. The molecule has 0 aliphatic heterocycles. The number of aliphatic hydroxyl groups excluding tert-OH is 1. The van der Waals surface area contributed by atoms with Crippen LogP contribution in [0.1, 0.15) is 39.5 Å². The van der Waals surface area contributed by atoms with E-state index in [1.54, 1.807) is 0 Å². The second-order valence-electron chi connectivity index (χ2n) is 7.84. The number of carbonyl (C=O) groups is 3. The summed E-state index contributed by atoms with van der Waals surface area (Å²) in [6.45, 7) is 1.50. The molecule has 0 radical (unpaired) electrons. The van der Waals surface area contributed by atoms with E-state index in [2.05, 4.69) is 27.8 Å². The van der Waals surface area contributed by atoms with Crippen LogP contribution in [0.2, 0.25) is 0 Å². The largest absolute Gasteiger partial charge is 0.480 e. The maximum atomic E-state index is 12.3. The number of aliphatic hydroxyl groups is 1. The van der Waals surface area contributed by atoms with Crippen LogP contribution in [0.15, 0.2) is 53.9 Å². The number of benzene rings is 2. The number of hydrogen-bond acceptors (Lipinski definition) is 7. The Balaban J connectivity index is 1.31. The highest BCUT2D eigenvalue weighted by Crippen LogP contribution is 2.44. The summed E-state index contributed by atoms with van der Waals surface area (Å²) in [6.07, 6.45) is -1.88. The van der Waals surface area contributed by atoms with Crippen molar-refractivity contribution in [1.29, 1.82) is 0 Å². The van der Waals surface area contributed by atoms with Crippen molar-refractivity contribution in [1.82, 2.24) is 15.6 Å². The molecule has 176 valence electrons. The van der Waals surface area contributed by atoms with Crippen molar-refractivity contribution in [2.45, 2.75) is 31.5 Å². The molecule has 34 heavy (non-hydrogen) atoms. The van der Waals surface area contributed by atoms with Crippen LogP contribution < -0.4 is 10.6 Å². The van der Waals surface area contributed by atoms with E-state index in [-0.39, 0.29) is 24.8 Å². The first-order valence-electron chi connectivity index (χ1n) is 10.6. The number of nitrogens with one attached hydrogen (secondary N) is 2. The molecule has 1 aromatic heterocycles. The molecule has 4 rings (SSSR count). The van der Waals surface area contributed by atoms with Crippen LogP contribution in [-0.4, -0.2) is 51.9 Å². The van der Waals surface area contributed by atoms with Crippen LogP contribution in [0, 0.1) is 0 Å². The van der Waals surface area contributed by atoms with Gasteiger partial charge in [-0.15, -0.1) is 11.3 Å². The van der Waals surface area contributed by atoms with Crippen molar-refractivity contribution in [2.75, 3.05) is 6.61 Å². The lowest BCUT2D eigenvalue weighted by molar-refractivity contribution is -0.141. The first-order chi connectivity index (χ1) is 16.3. The summed E-state index contributed by atoms with van der Waals surface area (Å²) in [5.41, 5.74) is 4.51. The summed E-state index contributed by atoms with van der Waals surface area (Å²) in [6, 6.07) is 14.7. The normalized spacial score (nSPS) is 13.9. The summed E-state index contributed by atoms with van der Waals surface area (Å²) < 4.78 is 5.48. The van der Waals surface area contributed by atoms with Crippen molar-refractivity contribution in [3.8, 4) is 11.1 Å². The van der Waals surface area contributed by atoms with Crippen molar-refractivity contribution >= 4 is 29.3 Å². The van der Waals surface area contributed by atoms with E-state index in [0.29, 0.717) is 5.01 Å². The number of carboxylic acids is 1. The predicted octanol–water partition coefficient (Wildman–Crippen LogP) is 2.75. The maximum absolute atomic E-state index is 12.3. The van der Waals surface area contributed by atoms with E-state index in [1.807, 2.05) is 36.4 Å². The van der Waals surface area contributed by atoms with E-state index >= 15 is 0 Å². The second kappa shape index (κ2) is 10.0. The SMILES string of the molecule is CC(O)C(NC(=O)c1csc(CNC(=O)OCC2c3ccccc3-c3ccccc32)n1)C(=O)O. The molecule has 2 amide bonds. The maximum Gasteiger partial charge on any atom is 0.407 e. The van der Waals surface area contributed by atoms with Crippen LogP contribution in [-0.2, 0) is 16.1 Å². The molecule has 2 atom stereocenters. The van der Waals surface area contributed by atoms with Gasteiger partial charge in [0.1, 0.15) is 17.3 Å². The molecule has 1 aliphatic carbocycles. The van der Waals surface area contributed by atoms with Gasteiger partial charge < -0.3 is 25.6 Å². The van der Waals surface area contributed by atoms with E-state index in [4.69, 9.17) is 9.84 Å². The third-order valence-corrected chi connectivity index (χ3v) is 6.40. The number of fused-ring (bicyclic) bond motifs is 3. The molecule has 3 aromatic rings. The van der Waals surface area contributed by atoms with Crippen molar-refractivity contribution in [2.24, 2.45) is 0 Å². The fourth-order valence-corrected chi connectivity index (χ4v) is 4.61. The van der Waals surface area contributed by atoms with Gasteiger partial charge in [-0.1, -0.05) is 48.5 Å². The van der Waals surface area contributed by atoms with Gasteiger partial charge in [0.15, 0.2) is 6.04 Å². The summed E-state index contributed by atoms with van der Waals surface area (Å²) in [5, 5.41) is 25.3. The molecule has 2 aromatic carbocycles. The fraction of sp³-hybridized carbons (Fsp3) is 0.250. The number of thiazole rings is 1. The predicted molar refractivity (Wildman–Crippen MR) is 125 cm³/mol. The standard InChI is InChI=1S/C24H23N3O6S/c1-13(28)21(23(30)31)27-22(29)19-12-34-20(26-19)10-25-24(32)33-11-18-16-8-4-2-6-14(16)15-7-3-5-9-17(15)18/h2-9,12-13,18,21,28H,10-11H2,1H3,(H,25,32)(H,27,29)(H,30,31). The molecule has 0 saturated heterocycles. The highest BCUT2D eigenvalue weighted by Gasteiger charge is 2.29. The van der Waals surface area contributed by atoms with Crippen molar-refractivity contribution in [3.63, 3.8) is 0 Å². The number of nitrogens with zero attached hydrogens (tertiary/aromatic N) is 1. The number of amides is 2. The molecule has 1 aliphatic rings. The lowest BCUT2D eigenvalue weighted by Gasteiger charge is -2.16. The topological polar surface area (TPSA) is 138 Å². The molecule has 9 nitrogen and oxygen atoms in total. The van der Waals surface area contributed by atoms with Gasteiger partial charge >= 0.3 is 12.1 Å². The average molecular weight is 482 g/mol. The van der Waals surface area contributed by atoms with Crippen molar-refractivity contribution in [3.05, 3.63) is 75.7 Å². The minimum Gasteiger partial charge on any atom is -0.480 e. The zero-order valence-corrected chi connectivity index (χ0v) is 19.0. The Labute approximate surface area is 199 Å². The number of alkyl carbamates (subject to hydrolysis) is 1. The van der Waals surface area contributed by atoms with E-state index in [0.717, 1.165) is 33.6 Å². The van der Waals surface area contributed by atoms with Crippen LogP contribution in [0.25, 0.3) is 11.1 Å². The monoisotopic (exact) mass is 481 g/mol. The molecule has 2 unspecified atom stereocenters. The highest BCUT2D eigenvalue weighted by molar-refractivity contribution is 7.09. The molecule has 0 spiro atoms. The van der Waals surface area contributed by atoms with Gasteiger partial charge in [0.2, 0.25) is 0 Å². The molecule has 1 heterocycles. The molecule has 0 fully saturated rings. The van der Waals surface area contributed by atoms with Crippen molar-refractivity contribution < 1.29 is 29.3 Å². The van der Waals surface area contributed by atoms with E-state index in [9.17, 15) is 19.5 Å². The van der Waals surface area contributed by atoms with Gasteiger partial charge in [-0.05, 0) is 29.2 Å². The lowest BCUT2D eigenvalue weighted by Crippen LogP contribution is -2.47. The van der Waals surface area contributed by atoms with Gasteiger partial charge in [0.25, 0.3) is 5.91 Å². The number of aliphatic carboxylic acids is 1. The molecular weight excluding hydrogens is 458 g/mol. The number of ether oxygens (including phenoxy) is 1. The zero-order chi connectivity index (χ0) is 24.2. The van der Waals surface area contributed by atoms with Gasteiger partial charge in [0, 0.05) is 11.3 Å². The Hall–Kier alpha value is -3.76. The molecular formula is C24H23N3O6S. The summed E-state index contributed by atoms with van der Waals surface area (Å²) in [7, 11) is 0. The number of carbonyl (C=O) groups excluding carboxylic acids is 2. The van der Waals surface area contributed by atoms with E-state index in [1.165, 1.54) is 12.3 Å². The smallest absolute Gasteiger partial charge is 0.407 e. The van der Waals surface area contributed by atoms with Crippen LogP contribution >= 0.6 is 11.3 Å². The molecule has 0 bridgehead atoms. The summed E-state index contributed by atoms with van der Waals surface area (Å²) in [4.78, 5) is 39.8. The van der Waals surface area contributed by atoms with Crippen LogP contribution in [0.4, 0.5) is 4.79 Å². The summed E-state index contributed by atoms with van der Waals surface area (Å²) in [5.74, 6) is -2.13. The Morgan fingerprint density at radius 3 is 2.29 bits per heavy atom. The van der Waals surface area contributed by atoms with Gasteiger partial charge in [-0.2, -0.15) is 0 Å². The Morgan fingerprint density at radius 2 is 1.71 bits per heavy atom. The number of carboxylic acid groups (broad SMARTS) is 1. The van der Waals surface area contributed by atoms with Gasteiger partial charge in [-0.3, -0.25) is 4.79 Å². The Bertz CT molecular complexity index is 1180. The average Bonchev–Trinajstić information content (AvgIpc) is 3.42. The quantitative estimate of drug-likeness (QED) is 0.388. The van der Waals surface area contributed by atoms with Crippen LogP contribution in [0.3, 0.4) is 0 Å². The molecule has 0 saturated carbocycles. The third-order valence-electron chi connectivity index (χ3n) is 5.55. The first-order valence-corrected chi connectivity index (χ1v) is 11.5. The highest BCUT2D eigenvalue weighted by atomic mass is 32.1. The Kier molecular flexibility index (Phi) is 6.90.